The number of anilines is 1. The Bertz CT molecular complexity index is 575. The molecule has 0 aliphatic heterocycles. The fourth-order valence-electron chi connectivity index (χ4n) is 1.71. The maximum Gasteiger partial charge on any atom is 0.277 e. The minimum atomic E-state index is -0.0918. The summed E-state index contributed by atoms with van der Waals surface area (Å²) in [5.74, 6) is 0.650. The summed E-state index contributed by atoms with van der Waals surface area (Å²) in [6.45, 7) is 5.71. The van der Waals surface area contributed by atoms with Crippen molar-refractivity contribution in [1.29, 1.82) is 0 Å². The first-order chi connectivity index (χ1) is 9.02. The van der Waals surface area contributed by atoms with Crippen LogP contribution in [0.5, 0.6) is 0 Å². The Morgan fingerprint density at radius 3 is 2.47 bits per heavy atom. The molecule has 0 aliphatic carbocycles. The normalized spacial score (nSPS) is 10.5. The second-order valence-electron chi connectivity index (χ2n) is 4.30. The minimum Gasteiger partial charge on any atom is -0.416 e. The van der Waals surface area contributed by atoms with Gasteiger partial charge in [-0.15, -0.1) is 10.2 Å². The van der Waals surface area contributed by atoms with Gasteiger partial charge in [0.05, 0.1) is 5.75 Å². The van der Waals surface area contributed by atoms with Crippen molar-refractivity contribution in [3.05, 3.63) is 35.2 Å². The highest BCUT2D eigenvalue weighted by Gasteiger charge is 2.08. The summed E-state index contributed by atoms with van der Waals surface area (Å²) in [5, 5.41) is 10.8. The lowest BCUT2D eigenvalue weighted by Gasteiger charge is -2.06. The molecule has 0 spiro atoms. The number of nitrogens with one attached hydrogen (secondary N) is 1. The van der Waals surface area contributed by atoms with E-state index in [2.05, 4.69) is 21.6 Å². The van der Waals surface area contributed by atoms with E-state index in [4.69, 9.17) is 4.42 Å². The van der Waals surface area contributed by atoms with Crippen LogP contribution < -0.4 is 5.32 Å². The second kappa shape index (κ2) is 5.88. The van der Waals surface area contributed by atoms with Gasteiger partial charge in [0.1, 0.15) is 0 Å². The highest BCUT2D eigenvalue weighted by molar-refractivity contribution is 7.99. The number of benzene rings is 1. The van der Waals surface area contributed by atoms with E-state index in [0.29, 0.717) is 11.1 Å². The van der Waals surface area contributed by atoms with Gasteiger partial charge in [-0.2, -0.15) is 0 Å². The molecule has 2 rings (SSSR count). The van der Waals surface area contributed by atoms with E-state index in [1.807, 2.05) is 26.0 Å². The van der Waals surface area contributed by atoms with Crippen molar-refractivity contribution >= 4 is 23.4 Å². The second-order valence-corrected chi connectivity index (χ2v) is 5.23. The van der Waals surface area contributed by atoms with Crippen LogP contribution in [0.1, 0.15) is 17.0 Å². The summed E-state index contributed by atoms with van der Waals surface area (Å²) < 4.78 is 5.18. The number of aryl methyl sites for hydroxylation is 3. The average Bonchev–Trinajstić information content (AvgIpc) is 2.71. The zero-order valence-corrected chi connectivity index (χ0v) is 11.9. The highest BCUT2D eigenvalue weighted by atomic mass is 32.2. The Labute approximate surface area is 115 Å². The topological polar surface area (TPSA) is 68.0 Å². The van der Waals surface area contributed by atoms with Crippen LogP contribution >= 0.6 is 11.8 Å². The zero-order valence-electron chi connectivity index (χ0n) is 11.1. The van der Waals surface area contributed by atoms with E-state index < -0.39 is 0 Å². The fraction of sp³-hybridized carbons (Fsp3) is 0.308. The van der Waals surface area contributed by atoms with Crippen LogP contribution in [0.2, 0.25) is 0 Å². The molecule has 0 unspecified atom stereocenters. The quantitative estimate of drug-likeness (QED) is 0.870. The SMILES string of the molecule is Cc1cc(C)cc(NC(=O)CSc2nnc(C)o2)c1. The van der Waals surface area contributed by atoms with Gasteiger partial charge in [-0.3, -0.25) is 4.79 Å². The third-order valence-corrected chi connectivity index (χ3v) is 3.16. The number of carbonyl (C=O) groups is 1. The van der Waals surface area contributed by atoms with Gasteiger partial charge in [0.2, 0.25) is 11.8 Å². The van der Waals surface area contributed by atoms with Gasteiger partial charge >= 0.3 is 0 Å². The van der Waals surface area contributed by atoms with Gasteiger partial charge in [-0.05, 0) is 37.1 Å². The molecule has 0 saturated carbocycles. The monoisotopic (exact) mass is 277 g/mol. The molecule has 5 nitrogen and oxygen atoms in total. The smallest absolute Gasteiger partial charge is 0.277 e. The Hall–Kier alpha value is -1.82. The Kier molecular flexibility index (Phi) is 4.21. The van der Waals surface area contributed by atoms with Crippen molar-refractivity contribution in [1.82, 2.24) is 10.2 Å². The Balaban J connectivity index is 1.90. The van der Waals surface area contributed by atoms with Gasteiger partial charge < -0.3 is 9.73 Å². The molecule has 1 aromatic carbocycles. The minimum absolute atomic E-state index is 0.0918. The van der Waals surface area contributed by atoms with Gasteiger partial charge in [0, 0.05) is 12.6 Å². The van der Waals surface area contributed by atoms with Crippen molar-refractivity contribution in [2.45, 2.75) is 26.0 Å². The first-order valence-corrected chi connectivity index (χ1v) is 6.82. The van der Waals surface area contributed by atoms with Crippen molar-refractivity contribution < 1.29 is 9.21 Å². The van der Waals surface area contributed by atoms with Crippen LogP contribution in [0.15, 0.2) is 27.8 Å². The van der Waals surface area contributed by atoms with Gasteiger partial charge in [-0.25, -0.2) is 0 Å². The maximum absolute atomic E-state index is 11.8. The van der Waals surface area contributed by atoms with E-state index in [1.165, 1.54) is 11.8 Å². The van der Waals surface area contributed by atoms with Crippen molar-refractivity contribution in [2.24, 2.45) is 0 Å². The van der Waals surface area contributed by atoms with Crippen molar-refractivity contribution in [3.8, 4) is 0 Å². The van der Waals surface area contributed by atoms with Gasteiger partial charge in [-0.1, -0.05) is 17.8 Å². The molecule has 0 radical (unpaired) electrons. The summed E-state index contributed by atoms with van der Waals surface area (Å²) in [7, 11) is 0. The number of rotatable bonds is 4. The molecule has 0 aliphatic rings. The predicted molar refractivity (Wildman–Crippen MR) is 74.3 cm³/mol. The summed E-state index contributed by atoms with van der Waals surface area (Å²) in [4.78, 5) is 11.8. The van der Waals surface area contributed by atoms with E-state index in [-0.39, 0.29) is 11.7 Å². The number of aromatic nitrogens is 2. The van der Waals surface area contributed by atoms with E-state index in [1.54, 1.807) is 6.92 Å². The molecule has 19 heavy (non-hydrogen) atoms. The van der Waals surface area contributed by atoms with Crippen molar-refractivity contribution in [3.63, 3.8) is 0 Å². The van der Waals surface area contributed by atoms with Gasteiger partial charge in [0.25, 0.3) is 5.22 Å². The van der Waals surface area contributed by atoms with E-state index in [9.17, 15) is 4.79 Å². The van der Waals surface area contributed by atoms with E-state index >= 15 is 0 Å². The number of thioether (sulfide) groups is 1. The van der Waals surface area contributed by atoms with Gasteiger partial charge in [0.15, 0.2) is 0 Å². The summed E-state index contributed by atoms with van der Waals surface area (Å²) >= 11 is 1.22. The first-order valence-electron chi connectivity index (χ1n) is 5.84. The van der Waals surface area contributed by atoms with Crippen LogP contribution in [-0.2, 0) is 4.79 Å². The molecule has 0 saturated heterocycles. The van der Waals surface area contributed by atoms with Crippen LogP contribution in [0, 0.1) is 20.8 Å². The molecular weight excluding hydrogens is 262 g/mol. The molecule has 0 atom stereocenters. The van der Waals surface area contributed by atoms with Crippen LogP contribution in [0.25, 0.3) is 0 Å². The molecule has 100 valence electrons. The van der Waals surface area contributed by atoms with Crippen LogP contribution in [0.4, 0.5) is 5.69 Å². The van der Waals surface area contributed by atoms with Crippen molar-refractivity contribution in [2.75, 3.05) is 11.1 Å². The molecule has 1 aromatic heterocycles. The first kappa shape index (κ1) is 13.6. The summed E-state index contributed by atoms with van der Waals surface area (Å²) in [6, 6.07) is 5.93. The average molecular weight is 277 g/mol. The summed E-state index contributed by atoms with van der Waals surface area (Å²) in [6.07, 6.45) is 0. The number of amides is 1. The molecular formula is C13H15N3O2S. The third-order valence-electron chi connectivity index (χ3n) is 2.34. The van der Waals surface area contributed by atoms with E-state index in [0.717, 1.165) is 16.8 Å². The molecule has 1 N–H and O–H groups in total. The standard InChI is InChI=1S/C13H15N3O2S/c1-8-4-9(2)6-11(5-8)14-12(17)7-19-13-16-15-10(3)18-13/h4-6H,7H2,1-3H3,(H,14,17). The van der Waals surface area contributed by atoms with Crippen LogP contribution in [0.3, 0.4) is 0 Å². The molecule has 1 heterocycles. The number of hydrogen-bond acceptors (Lipinski definition) is 5. The Morgan fingerprint density at radius 1 is 1.21 bits per heavy atom. The molecule has 2 aromatic rings. The highest BCUT2D eigenvalue weighted by Crippen LogP contribution is 2.17. The maximum atomic E-state index is 11.8. The third kappa shape index (κ3) is 4.10. The number of carbonyl (C=O) groups excluding carboxylic acids is 1. The molecule has 1 amide bonds. The lowest BCUT2D eigenvalue weighted by Crippen LogP contribution is -2.14. The lowest BCUT2D eigenvalue weighted by molar-refractivity contribution is -0.113. The molecule has 0 bridgehead atoms. The lowest BCUT2D eigenvalue weighted by atomic mass is 10.1. The molecule has 0 fully saturated rings. The fourth-order valence-corrected chi connectivity index (χ4v) is 2.31. The largest absolute Gasteiger partial charge is 0.416 e. The zero-order chi connectivity index (χ0) is 13.8. The van der Waals surface area contributed by atoms with Crippen LogP contribution in [-0.4, -0.2) is 21.9 Å². The summed E-state index contributed by atoms with van der Waals surface area (Å²) in [5.41, 5.74) is 3.05. The number of nitrogens with zero attached hydrogens (tertiary/aromatic N) is 2. The predicted octanol–water partition coefficient (Wildman–Crippen LogP) is 2.73. The number of hydrogen-bond donors (Lipinski definition) is 1. The molecule has 6 heteroatoms. The Morgan fingerprint density at radius 2 is 1.89 bits per heavy atom.